The number of hydrogen-bond donors (Lipinski definition) is 0. The Morgan fingerprint density at radius 3 is 2.74 bits per heavy atom. The van der Waals surface area contributed by atoms with Crippen LogP contribution in [0.1, 0.15) is 12.5 Å². The molecule has 7 heteroatoms. The van der Waals surface area contributed by atoms with E-state index in [4.69, 9.17) is 14.2 Å². The van der Waals surface area contributed by atoms with Crippen LogP contribution in [0, 0.1) is 0 Å². The largest absolute Gasteiger partial charge is 0.496 e. The first-order valence-electron chi connectivity index (χ1n) is 8.33. The molecule has 0 radical (unpaired) electrons. The summed E-state index contributed by atoms with van der Waals surface area (Å²) in [7, 11) is 1.58. The van der Waals surface area contributed by atoms with Gasteiger partial charge in [0.25, 0.3) is 5.91 Å². The maximum Gasteiger partial charge on any atom is 0.326 e. The van der Waals surface area contributed by atoms with Crippen LogP contribution < -0.4 is 14.4 Å². The van der Waals surface area contributed by atoms with Crippen molar-refractivity contribution in [2.45, 2.75) is 6.92 Å². The number of para-hydroxylation sites is 2. The van der Waals surface area contributed by atoms with E-state index in [1.807, 2.05) is 12.1 Å². The van der Waals surface area contributed by atoms with E-state index in [1.54, 1.807) is 50.4 Å². The lowest BCUT2D eigenvalue weighted by atomic mass is 10.1. The highest BCUT2D eigenvalue weighted by Gasteiger charge is 2.31. The van der Waals surface area contributed by atoms with Gasteiger partial charge in [0.15, 0.2) is 11.5 Å². The molecule has 6 nitrogen and oxygen atoms in total. The number of esters is 1. The summed E-state index contributed by atoms with van der Waals surface area (Å²) >= 11 is 3.42. The average molecular weight is 432 g/mol. The van der Waals surface area contributed by atoms with Gasteiger partial charge in [0, 0.05) is 0 Å². The summed E-state index contributed by atoms with van der Waals surface area (Å²) in [5, 5.41) is 0. The van der Waals surface area contributed by atoms with Gasteiger partial charge in [0.05, 0.1) is 23.9 Å². The Kier molecular flexibility index (Phi) is 5.81. The fourth-order valence-corrected chi connectivity index (χ4v) is 3.24. The highest BCUT2D eigenvalue weighted by molar-refractivity contribution is 9.10. The second-order valence-electron chi connectivity index (χ2n) is 5.67. The minimum Gasteiger partial charge on any atom is -0.496 e. The number of nitrogens with zero attached hydrogens (tertiary/aromatic N) is 1. The van der Waals surface area contributed by atoms with Gasteiger partial charge in [0.1, 0.15) is 12.3 Å². The normalized spacial score (nSPS) is 14.6. The Labute approximate surface area is 165 Å². The third-order valence-corrected chi connectivity index (χ3v) is 4.52. The highest BCUT2D eigenvalue weighted by atomic mass is 79.9. The number of rotatable bonds is 5. The Hall–Kier alpha value is -2.80. The molecule has 0 aromatic heterocycles. The SMILES string of the molecule is CCOC(=O)CN1C(=O)C(=Cc2ccc(OC)c(Br)c2)Oc2ccccc21. The van der Waals surface area contributed by atoms with Crippen molar-refractivity contribution in [3.8, 4) is 11.5 Å². The maximum absolute atomic E-state index is 12.9. The molecule has 0 unspecified atom stereocenters. The highest BCUT2D eigenvalue weighted by Crippen LogP contribution is 2.36. The van der Waals surface area contributed by atoms with E-state index >= 15 is 0 Å². The number of hydrogen-bond acceptors (Lipinski definition) is 5. The predicted molar refractivity (Wildman–Crippen MR) is 105 cm³/mol. The average Bonchev–Trinajstić information content (AvgIpc) is 2.65. The number of anilines is 1. The van der Waals surface area contributed by atoms with Crippen molar-refractivity contribution in [3.05, 3.63) is 58.3 Å². The van der Waals surface area contributed by atoms with Crippen LogP contribution in [0.3, 0.4) is 0 Å². The number of carbonyl (C=O) groups excluding carboxylic acids is 2. The molecule has 27 heavy (non-hydrogen) atoms. The zero-order chi connectivity index (χ0) is 19.4. The molecule has 0 atom stereocenters. The number of halogens is 1. The lowest BCUT2D eigenvalue weighted by molar-refractivity contribution is -0.142. The molecule has 1 aliphatic rings. The molecule has 0 bridgehead atoms. The molecule has 2 aromatic rings. The molecular formula is C20H18BrNO5. The van der Waals surface area contributed by atoms with Gasteiger partial charge in [-0.1, -0.05) is 18.2 Å². The predicted octanol–water partition coefficient (Wildman–Crippen LogP) is 3.79. The maximum atomic E-state index is 12.9. The van der Waals surface area contributed by atoms with Crippen molar-refractivity contribution < 1.29 is 23.8 Å². The molecule has 3 rings (SSSR count). The monoisotopic (exact) mass is 431 g/mol. The third kappa shape index (κ3) is 4.14. The summed E-state index contributed by atoms with van der Waals surface area (Å²) < 4.78 is 16.7. The van der Waals surface area contributed by atoms with Crippen LogP contribution in [0.5, 0.6) is 11.5 Å². The van der Waals surface area contributed by atoms with E-state index < -0.39 is 11.9 Å². The van der Waals surface area contributed by atoms with Gasteiger partial charge in [-0.25, -0.2) is 0 Å². The topological polar surface area (TPSA) is 65.1 Å². The van der Waals surface area contributed by atoms with Crippen LogP contribution in [0.15, 0.2) is 52.7 Å². The molecule has 0 spiro atoms. The van der Waals surface area contributed by atoms with Crippen molar-refractivity contribution in [2.75, 3.05) is 25.2 Å². The molecule has 140 valence electrons. The van der Waals surface area contributed by atoms with Crippen LogP contribution in [0.2, 0.25) is 0 Å². The minimum atomic E-state index is -0.478. The Balaban J connectivity index is 1.96. The first kappa shape index (κ1) is 19.0. The molecule has 1 heterocycles. The first-order chi connectivity index (χ1) is 13.0. The summed E-state index contributed by atoms with van der Waals surface area (Å²) in [5.41, 5.74) is 1.28. The summed E-state index contributed by atoms with van der Waals surface area (Å²) in [6, 6.07) is 12.5. The summed E-state index contributed by atoms with van der Waals surface area (Å²) in [6.07, 6.45) is 1.63. The standard InChI is InChI=1S/C20H18BrNO5/c1-3-26-19(23)12-22-15-6-4-5-7-17(15)27-18(20(22)24)11-13-8-9-16(25-2)14(21)10-13/h4-11H,3,12H2,1-2H3. The van der Waals surface area contributed by atoms with Crippen LogP contribution in [-0.4, -0.2) is 32.1 Å². The number of benzene rings is 2. The number of amides is 1. The van der Waals surface area contributed by atoms with Crippen molar-refractivity contribution in [1.82, 2.24) is 0 Å². The Bertz CT molecular complexity index is 909. The zero-order valence-electron chi connectivity index (χ0n) is 14.9. The quantitative estimate of drug-likeness (QED) is 0.532. The molecule has 0 saturated carbocycles. The lowest BCUT2D eigenvalue weighted by Gasteiger charge is -2.29. The minimum absolute atomic E-state index is 0.120. The van der Waals surface area contributed by atoms with Crippen molar-refractivity contribution >= 4 is 39.6 Å². The molecule has 0 fully saturated rings. The summed E-state index contributed by atoms with van der Waals surface area (Å²) in [5.74, 6) is 0.417. The van der Waals surface area contributed by atoms with Crippen LogP contribution in [-0.2, 0) is 14.3 Å². The second kappa shape index (κ2) is 8.26. The molecule has 0 aliphatic carbocycles. The van der Waals surface area contributed by atoms with E-state index in [9.17, 15) is 9.59 Å². The summed E-state index contributed by atoms with van der Waals surface area (Å²) in [6.45, 7) is 1.79. The third-order valence-electron chi connectivity index (χ3n) is 3.90. The number of methoxy groups -OCH3 is 1. The van der Waals surface area contributed by atoms with E-state index in [0.29, 0.717) is 17.2 Å². The fraction of sp³-hybridized carbons (Fsp3) is 0.200. The van der Waals surface area contributed by atoms with Gasteiger partial charge < -0.3 is 14.2 Å². The van der Waals surface area contributed by atoms with Crippen molar-refractivity contribution in [1.29, 1.82) is 0 Å². The van der Waals surface area contributed by atoms with E-state index in [2.05, 4.69) is 15.9 Å². The first-order valence-corrected chi connectivity index (χ1v) is 9.12. The number of fused-ring (bicyclic) bond motifs is 1. The van der Waals surface area contributed by atoms with Gasteiger partial charge in [0.2, 0.25) is 0 Å². The van der Waals surface area contributed by atoms with Crippen molar-refractivity contribution in [2.24, 2.45) is 0 Å². The molecule has 2 aromatic carbocycles. The Morgan fingerprint density at radius 2 is 2.04 bits per heavy atom. The number of ether oxygens (including phenoxy) is 3. The van der Waals surface area contributed by atoms with E-state index in [1.165, 1.54) is 4.90 Å². The smallest absolute Gasteiger partial charge is 0.326 e. The molecule has 1 amide bonds. The molecule has 0 saturated heterocycles. The van der Waals surface area contributed by atoms with Gasteiger partial charge in [-0.15, -0.1) is 0 Å². The van der Waals surface area contributed by atoms with Gasteiger partial charge in [-0.2, -0.15) is 0 Å². The van der Waals surface area contributed by atoms with E-state index in [-0.39, 0.29) is 18.9 Å². The molecule has 0 N–H and O–H groups in total. The van der Waals surface area contributed by atoms with Crippen LogP contribution in [0.25, 0.3) is 6.08 Å². The van der Waals surface area contributed by atoms with Crippen molar-refractivity contribution in [3.63, 3.8) is 0 Å². The zero-order valence-corrected chi connectivity index (χ0v) is 16.5. The van der Waals surface area contributed by atoms with Gasteiger partial charge in [-0.3, -0.25) is 14.5 Å². The summed E-state index contributed by atoms with van der Waals surface area (Å²) in [4.78, 5) is 26.2. The van der Waals surface area contributed by atoms with E-state index in [0.717, 1.165) is 10.0 Å². The molecular weight excluding hydrogens is 414 g/mol. The molecule has 1 aliphatic heterocycles. The van der Waals surface area contributed by atoms with Crippen LogP contribution >= 0.6 is 15.9 Å². The Morgan fingerprint density at radius 1 is 1.26 bits per heavy atom. The fourth-order valence-electron chi connectivity index (χ4n) is 2.68. The van der Waals surface area contributed by atoms with Gasteiger partial charge >= 0.3 is 5.97 Å². The second-order valence-corrected chi connectivity index (χ2v) is 6.52. The number of carbonyl (C=O) groups is 2. The van der Waals surface area contributed by atoms with Gasteiger partial charge in [-0.05, 0) is 58.8 Å². The lowest BCUT2D eigenvalue weighted by Crippen LogP contribution is -2.41. The van der Waals surface area contributed by atoms with Crippen LogP contribution in [0.4, 0.5) is 5.69 Å².